The molecule has 0 radical (unpaired) electrons. The van der Waals surface area contributed by atoms with Gasteiger partial charge in [0.05, 0.1) is 25.9 Å². The third-order valence-corrected chi connectivity index (χ3v) is 4.42. The molecule has 0 bridgehead atoms. The van der Waals surface area contributed by atoms with E-state index in [0.717, 1.165) is 18.4 Å². The second-order valence-corrected chi connectivity index (χ2v) is 6.49. The fourth-order valence-electron chi connectivity index (χ4n) is 3.12. The number of esters is 1. The molecule has 1 aliphatic rings. The SMILES string of the molecule is CCCOC(=O)C1=C(C)Nc2ncnn2C1c1ccc(OCCC)c(OC)c1. The second kappa shape index (κ2) is 8.77. The van der Waals surface area contributed by atoms with Crippen molar-refractivity contribution in [3.8, 4) is 11.5 Å². The lowest BCUT2D eigenvalue weighted by Crippen LogP contribution is -2.29. The number of hydrogen-bond donors (Lipinski definition) is 1. The summed E-state index contributed by atoms with van der Waals surface area (Å²) in [7, 11) is 1.60. The summed E-state index contributed by atoms with van der Waals surface area (Å²) < 4.78 is 18.4. The van der Waals surface area contributed by atoms with Crippen molar-refractivity contribution in [2.24, 2.45) is 0 Å². The van der Waals surface area contributed by atoms with Gasteiger partial charge in [-0.15, -0.1) is 0 Å². The van der Waals surface area contributed by atoms with Gasteiger partial charge in [-0.05, 0) is 37.5 Å². The molecule has 1 aliphatic heterocycles. The minimum Gasteiger partial charge on any atom is -0.493 e. The van der Waals surface area contributed by atoms with Crippen LogP contribution in [-0.4, -0.2) is 41.1 Å². The molecule has 0 aliphatic carbocycles. The van der Waals surface area contributed by atoms with Crippen LogP contribution in [0.5, 0.6) is 11.5 Å². The van der Waals surface area contributed by atoms with E-state index in [-0.39, 0.29) is 5.97 Å². The Kier molecular flexibility index (Phi) is 6.18. The maximum Gasteiger partial charge on any atom is 0.338 e. The van der Waals surface area contributed by atoms with Crippen LogP contribution < -0.4 is 14.8 Å². The Bertz CT molecular complexity index is 875. The fourth-order valence-corrected chi connectivity index (χ4v) is 3.12. The summed E-state index contributed by atoms with van der Waals surface area (Å²) in [4.78, 5) is 17.0. The average molecular weight is 386 g/mol. The lowest BCUT2D eigenvalue weighted by molar-refractivity contribution is -0.139. The van der Waals surface area contributed by atoms with Crippen molar-refractivity contribution in [2.45, 2.75) is 39.7 Å². The molecule has 1 aromatic carbocycles. The number of allylic oxidation sites excluding steroid dienone is 1. The first-order chi connectivity index (χ1) is 13.6. The van der Waals surface area contributed by atoms with Gasteiger partial charge in [0.25, 0.3) is 0 Å². The Morgan fingerprint density at radius 1 is 1.21 bits per heavy atom. The zero-order valence-corrected chi connectivity index (χ0v) is 16.7. The van der Waals surface area contributed by atoms with Gasteiger partial charge in [-0.1, -0.05) is 19.9 Å². The molecule has 28 heavy (non-hydrogen) atoms. The number of carbonyl (C=O) groups excluding carboxylic acids is 1. The van der Waals surface area contributed by atoms with Crippen LogP contribution in [0, 0.1) is 0 Å². The number of carbonyl (C=O) groups is 1. The molecule has 1 aromatic heterocycles. The average Bonchev–Trinajstić information content (AvgIpc) is 3.17. The molecule has 8 heteroatoms. The van der Waals surface area contributed by atoms with E-state index in [1.54, 1.807) is 11.8 Å². The van der Waals surface area contributed by atoms with Gasteiger partial charge in [0.1, 0.15) is 12.4 Å². The Balaban J connectivity index is 2.05. The number of benzene rings is 1. The minimum atomic E-state index is -0.475. The molecule has 1 atom stereocenters. The molecule has 8 nitrogen and oxygen atoms in total. The number of nitrogens with one attached hydrogen (secondary N) is 1. The second-order valence-electron chi connectivity index (χ2n) is 6.49. The van der Waals surface area contributed by atoms with Crippen molar-refractivity contribution in [1.82, 2.24) is 14.8 Å². The Morgan fingerprint density at radius 3 is 2.71 bits per heavy atom. The normalized spacial score (nSPS) is 15.6. The highest BCUT2D eigenvalue weighted by Gasteiger charge is 2.34. The van der Waals surface area contributed by atoms with Crippen molar-refractivity contribution >= 4 is 11.9 Å². The zero-order chi connectivity index (χ0) is 20.1. The largest absolute Gasteiger partial charge is 0.493 e. The topological polar surface area (TPSA) is 87.5 Å². The molecule has 1 N–H and O–H groups in total. The predicted octanol–water partition coefficient (Wildman–Crippen LogP) is 3.32. The molecule has 150 valence electrons. The van der Waals surface area contributed by atoms with Gasteiger partial charge < -0.3 is 19.5 Å². The van der Waals surface area contributed by atoms with Gasteiger partial charge >= 0.3 is 5.97 Å². The van der Waals surface area contributed by atoms with Gasteiger partial charge in [-0.3, -0.25) is 0 Å². The molecule has 0 saturated heterocycles. The van der Waals surface area contributed by atoms with E-state index >= 15 is 0 Å². The molecule has 1 unspecified atom stereocenters. The van der Waals surface area contributed by atoms with Gasteiger partial charge in [-0.2, -0.15) is 10.1 Å². The fraction of sp³-hybridized carbons (Fsp3) is 0.450. The van der Waals surface area contributed by atoms with Gasteiger partial charge in [-0.25, -0.2) is 9.48 Å². The molecule has 0 saturated carbocycles. The van der Waals surface area contributed by atoms with Crippen LogP contribution in [0.2, 0.25) is 0 Å². The molecule has 2 heterocycles. The lowest BCUT2D eigenvalue weighted by Gasteiger charge is -2.28. The third-order valence-electron chi connectivity index (χ3n) is 4.42. The number of ether oxygens (including phenoxy) is 3. The van der Waals surface area contributed by atoms with Crippen LogP contribution >= 0.6 is 0 Å². The van der Waals surface area contributed by atoms with Crippen LogP contribution in [-0.2, 0) is 9.53 Å². The van der Waals surface area contributed by atoms with Crippen LogP contribution in [0.1, 0.15) is 45.2 Å². The number of hydrogen-bond acceptors (Lipinski definition) is 7. The Morgan fingerprint density at radius 2 is 2.00 bits per heavy atom. The molecular formula is C20H26N4O4. The Labute approximate surface area is 164 Å². The summed E-state index contributed by atoms with van der Waals surface area (Å²) in [6, 6.07) is 5.16. The number of fused-ring (bicyclic) bond motifs is 1. The number of nitrogens with zero attached hydrogens (tertiary/aromatic N) is 3. The van der Waals surface area contributed by atoms with Gasteiger partial charge in [0.2, 0.25) is 5.95 Å². The lowest BCUT2D eigenvalue weighted by atomic mass is 9.95. The summed E-state index contributed by atoms with van der Waals surface area (Å²) in [5.41, 5.74) is 2.02. The molecule has 3 rings (SSSR count). The minimum absolute atomic E-state index is 0.361. The first-order valence-corrected chi connectivity index (χ1v) is 9.45. The Hall–Kier alpha value is -3.03. The summed E-state index contributed by atoms with van der Waals surface area (Å²) in [5, 5.41) is 7.45. The summed E-state index contributed by atoms with van der Waals surface area (Å²) in [5.74, 6) is 1.46. The van der Waals surface area contributed by atoms with E-state index in [4.69, 9.17) is 14.2 Å². The van der Waals surface area contributed by atoms with E-state index in [1.165, 1.54) is 6.33 Å². The molecular weight excluding hydrogens is 360 g/mol. The number of anilines is 1. The van der Waals surface area contributed by atoms with Crippen LogP contribution in [0.15, 0.2) is 35.8 Å². The predicted molar refractivity (Wildman–Crippen MR) is 105 cm³/mol. The van der Waals surface area contributed by atoms with Gasteiger partial charge in [0.15, 0.2) is 11.5 Å². The smallest absolute Gasteiger partial charge is 0.338 e. The monoisotopic (exact) mass is 386 g/mol. The molecule has 2 aromatic rings. The maximum atomic E-state index is 12.8. The molecule has 0 amide bonds. The zero-order valence-electron chi connectivity index (χ0n) is 16.7. The van der Waals surface area contributed by atoms with E-state index in [9.17, 15) is 4.79 Å². The highest BCUT2D eigenvalue weighted by atomic mass is 16.5. The third kappa shape index (κ3) is 3.81. The van der Waals surface area contributed by atoms with Crippen molar-refractivity contribution in [3.05, 3.63) is 41.4 Å². The summed E-state index contributed by atoms with van der Waals surface area (Å²) in [6.07, 6.45) is 3.11. The standard InChI is InChI=1S/C20H26N4O4/c1-5-9-27-15-8-7-14(11-16(15)26-4)18-17(19(25)28-10-6-2)13(3)23-20-21-12-22-24(18)20/h7-8,11-12,18H,5-6,9-10H2,1-4H3,(H,21,22,23). The molecule has 0 fully saturated rings. The first kappa shape index (κ1) is 19.7. The molecule has 0 spiro atoms. The maximum absolute atomic E-state index is 12.8. The van der Waals surface area contributed by atoms with Crippen LogP contribution in [0.4, 0.5) is 5.95 Å². The van der Waals surface area contributed by atoms with Gasteiger partial charge in [0, 0.05) is 5.70 Å². The quantitative estimate of drug-likeness (QED) is 0.696. The van der Waals surface area contributed by atoms with E-state index in [0.29, 0.717) is 41.9 Å². The van der Waals surface area contributed by atoms with E-state index in [1.807, 2.05) is 39.0 Å². The van der Waals surface area contributed by atoms with Crippen LogP contribution in [0.3, 0.4) is 0 Å². The number of aromatic nitrogens is 3. The first-order valence-electron chi connectivity index (χ1n) is 9.45. The van der Waals surface area contributed by atoms with E-state index in [2.05, 4.69) is 15.4 Å². The number of methoxy groups -OCH3 is 1. The highest BCUT2D eigenvalue weighted by Crippen LogP contribution is 2.38. The van der Waals surface area contributed by atoms with Crippen molar-refractivity contribution < 1.29 is 19.0 Å². The van der Waals surface area contributed by atoms with Crippen molar-refractivity contribution in [2.75, 3.05) is 25.6 Å². The van der Waals surface area contributed by atoms with Crippen molar-refractivity contribution in [1.29, 1.82) is 0 Å². The van der Waals surface area contributed by atoms with Crippen molar-refractivity contribution in [3.63, 3.8) is 0 Å². The van der Waals surface area contributed by atoms with Crippen LogP contribution in [0.25, 0.3) is 0 Å². The highest BCUT2D eigenvalue weighted by molar-refractivity contribution is 5.92. The number of rotatable bonds is 8. The summed E-state index contributed by atoms with van der Waals surface area (Å²) in [6.45, 7) is 6.80. The summed E-state index contributed by atoms with van der Waals surface area (Å²) >= 11 is 0. The van der Waals surface area contributed by atoms with E-state index < -0.39 is 6.04 Å².